The Kier molecular flexibility index (Phi) is 6.57. The first-order chi connectivity index (χ1) is 13.5. The number of para-hydroxylation sites is 1. The molecule has 0 saturated carbocycles. The van der Waals surface area contributed by atoms with Crippen molar-refractivity contribution in [2.45, 2.75) is 32.3 Å². The summed E-state index contributed by atoms with van der Waals surface area (Å²) < 4.78 is 28.5. The fourth-order valence-corrected chi connectivity index (χ4v) is 3.22. The molecule has 0 spiro atoms. The Labute approximate surface area is 162 Å². The van der Waals surface area contributed by atoms with Crippen LogP contribution in [-0.4, -0.2) is 25.0 Å². The van der Waals surface area contributed by atoms with Crippen LogP contribution < -0.4 is 15.4 Å². The molecule has 1 atom stereocenters. The summed E-state index contributed by atoms with van der Waals surface area (Å²) >= 11 is 0. The standard InChI is InChI=1S/C21H22F2N2O3/c22-21(23)28-17-8-5-14(6-9-17)11-12-24-19(26)10-7-16-13-15-3-1-2-4-18(15)25-20(16)27/h1-6,8-9,16,21H,7,10-13H2,(H,24,26)(H,25,27). The summed E-state index contributed by atoms with van der Waals surface area (Å²) in [6.07, 6.45) is 1.99. The van der Waals surface area contributed by atoms with Crippen LogP contribution in [0.25, 0.3) is 0 Å². The highest BCUT2D eigenvalue weighted by Crippen LogP contribution is 2.27. The summed E-state index contributed by atoms with van der Waals surface area (Å²) in [6, 6.07) is 14.0. The molecule has 1 aliphatic rings. The van der Waals surface area contributed by atoms with E-state index in [2.05, 4.69) is 15.4 Å². The molecular weight excluding hydrogens is 366 g/mol. The molecule has 0 radical (unpaired) electrons. The Morgan fingerprint density at radius 1 is 1.18 bits per heavy atom. The number of benzene rings is 2. The second kappa shape index (κ2) is 9.30. The maximum atomic E-state index is 12.2. The highest BCUT2D eigenvalue weighted by molar-refractivity contribution is 5.96. The Morgan fingerprint density at radius 2 is 1.93 bits per heavy atom. The van der Waals surface area contributed by atoms with E-state index in [0.29, 0.717) is 25.8 Å². The third kappa shape index (κ3) is 5.52. The number of hydrogen-bond donors (Lipinski definition) is 2. The number of carbonyl (C=O) groups excluding carboxylic acids is 2. The number of alkyl halides is 2. The van der Waals surface area contributed by atoms with Gasteiger partial charge in [0.15, 0.2) is 0 Å². The first-order valence-electron chi connectivity index (χ1n) is 9.20. The molecule has 2 N–H and O–H groups in total. The number of amides is 2. The molecule has 5 nitrogen and oxygen atoms in total. The van der Waals surface area contributed by atoms with Crippen LogP contribution in [0.1, 0.15) is 24.0 Å². The molecule has 0 saturated heterocycles. The van der Waals surface area contributed by atoms with Crippen LogP contribution in [0.15, 0.2) is 48.5 Å². The van der Waals surface area contributed by atoms with Gasteiger partial charge in [-0.25, -0.2) is 0 Å². The molecule has 1 aliphatic heterocycles. The normalized spacial score (nSPS) is 15.7. The van der Waals surface area contributed by atoms with Crippen molar-refractivity contribution in [3.63, 3.8) is 0 Å². The molecule has 2 amide bonds. The van der Waals surface area contributed by atoms with Crippen molar-refractivity contribution >= 4 is 17.5 Å². The van der Waals surface area contributed by atoms with Crippen LogP contribution in [-0.2, 0) is 22.4 Å². The van der Waals surface area contributed by atoms with Gasteiger partial charge in [-0.05, 0) is 48.6 Å². The van der Waals surface area contributed by atoms with Crippen molar-refractivity contribution in [1.29, 1.82) is 0 Å². The number of hydrogen-bond acceptors (Lipinski definition) is 3. The second-order valence-electron chi connectivity index (χ2n) is 6.71. The molecule has 148 valence electrons. The molecule has 2 aromatic carbocycles. The lowest BCUT2D eigenvalue weighted by molar-refractivity contribution is -0.122. The van der Waals surface area contributed by atoms with Gasteiger partial charge >= 0.3 is 6.61 Å². The summed E-state index contributed by atoms with van der Waals surface area (Å²) in [5.74, 6) is -0.250. The van der Waals surface area contributed by atoms with E-state index in [1.54, 1.807) is 12.1 Å². The highest BCUT2D eigenvalue weighted by atomic mass is 19.3. The van der Waals surface area contributed by atoms with Gasteiger partial charge in [0.25, 0.3) is 0 Å². The predicted octanol–water partition coefficient (Wildman–Crippen LogP) is 3.54. The van der Waals surface area contributed by atoms with E-state index >= 15 is 0 Å². The van der Waals surface area contributed by atoms with E-state index < -0.39 is 6.61 Å². The fraction of sp³-hybridized carbons (Fsp3) is 0.333. The Balaban J connectivity index is 1.38. The van der Waals surface area contributed by atoms with Crippen LogP contribution in [0.2, 0.25) is 0 Å². The van der Waals surface area contributed by atoms with Gasteiger partial charge in [-0.2, -0.15) is 8.78 Å². The van der Waals surface area contributed by atoms with Gasteiger partial charge in [0.05, 0.1) is 0 Å². The first kappa shape index (κ1) is 19.8. The van der Waals surface area contributed by atoms with Crippen molar-refractivity contribution in [1.82, 2.24) is 5.32 Å². The molecule has 1 unspecified atom stereocenters. The van der Waals surface area contributed by atoms with Gasteiger partial charge in [-0.1, -0.05) is 30.3 Å². The fourth-order valence-electron chi connectivity index (χ4n) is 3.22. The highest BCUT2D eigenvalue weighted by Gasteiger charge is 2.26. The van der Waals surface area contributed by atoms with Gasteiger partial charge in [0, 0.05) is 24.6 Å². The van der Waals surface area contributed by atoms with E-state index in [0.717, 1.165) is 16.8 Å². The lowest BCUT2D eigenvalue weighted by Crippen LogP contribution is -2.32. The number of halogens is 2. The van der Waals surface area contributed by atoms with Crippen LogP contribution in [0, 0.1) is 5.92 Å². The van der Waals surface area contributed by atoms with Gasteiger partial charge in [0.2, 0.25) is 11.8 Å². The lowest BCUT2D eigenvalue weighted by atomic mass is 9.89. The Hall–Kier alpha value is -2.96. The minimum Gasteiger partial charge on any atom is -0.435 e. The van der Waals surface area contributed by atoms with Crippen LogP contribution in [0.4, 0.5) is 14.5 Å². The summed E-state index contributed by atoms with van der Waals surface area (Å²) in [5, 5.41) is 5.72. The van der Waals surface area contributed by atoms with Gasteiger partial charge in [0.1, 0.15) is 5.75 Å². The van der Waals surface area contributed by atoms with E-state index in [1.807, 2.05) is 24.3 Å². The SMILES string of the molecule is O=C(CCC1Cc2ccccc2NC1=O)NCCc1ccc(OC(F)F)cc1. The number of ether oxygens (including phenoxy) is 1. The van der Waals surface area contributed by atoms with Crippen molar-refractivity contribution in [3.05, 3.63) is 59.7 Å². The van der Waals surface area contributed by atoms with Crippen LogP contribution >= 0.6 is 0 Å². The molecule has 1 heterocycles. The Morgan fingerprint density at radius 3 is 2.68 bits per heavy atom. The Bertz CT molecular complexity index is 825. The smallest absolute Gasteiger partial charge is 0.387 e. The number of fused-ring (bicyclic) bond motifs is 1. The zero-order chi connectivity index (χ0) is 19.9. The molecule has 7 heteroatoms. The molecule has 0 aliphatic carbocycles. The van der Waals surface area contributed by atoms with Gasteiger partial charge in [-0.15, -0.1) is 0 Å². The quantitative estimate of drug-likeness (QED) is 0.727. The third-order valence-electron chi connectivity index (χ3n) is 4.72. The predicted molar refractivity (Wildman–Crippen MR) is 101 cm³/mol. The summed E-state index contributed by atoms with van der Waals surface area (Å²) in [5.41, 5.74) is 2.84. The molecular formula is C21H22F2N2O3. The van der Waals surface area contributed by atoms with Crippen molar-refractivity contribution in [3.8, 4) is 5.75 Å². The molecule has 2 aromatic rings. The average molecular weight is 388 g/mol. The van der Waals surface area contributed by atoms with Crippen molar-refractivity contribution in [2.24, 2.45) is 5.92 Å². The van der Waals surface area contributed by atoms with Crippen molar-refractivity contribution < 1.29 is 23.1 Å². The molecule has 0 aromatic heterocycles. The minimum atomic E-state index is -2.84. The largest absolute Gasteiger partial charge is 0.435 e. The van der Waals surface area contributed by atoms with Crippen LogP contribution in [0.3, 0.4) is 0 Å². The van der Waals surface area contributed by atoms with E-state index in [-0.39, 0.29) is 29.9 Å². The summed E-state index contributed by atoms with van der Waals surface area (Å²) in [7, 11) is 0. The lowest BCUT2D eigenvalue weighted by Gasteiger charge is -2.24. The number of anilines is 1. The van der Waals surface area contributed by atoms with Gasteiger partial charge in [-0.3, -0.25) is 9.59 Å². The number of rotatable bonds is 8. The zero-order valence-corrected chi connectivity index (χ0v) is 15.3. The summed E-state index contributed by atoms with van der Waals surface area (Å²) in [4.78, 5) is 24.2. The monoisotopic (exact) mass is 388 g/mol. The maximum Gasteiger partial charge on any atom is 0.387 e. The third-order valence-corrected chi connectivity index (χ3v) is 4.72. The van der Waals surface area contributed by atoms with E-state index in [1.165, 1.54) is 12.1 Å². The second-order valence-corrected chi connectivity index (χ2v) is 6.71. The number of carbonyl (C=O) groups is 2. The zero-order valence-electron chi connectivity index (χ0n) is 15.3. The molecule has 0 fully saturated rings. The van der Waals surface area contributed by atoms with Crippen LogP contribution in [0.5, 0.6) is 5.75 Å². The molecule has 0 bridgehead atoms. The maximum absolute atomic E-state index is 12.2. The minimum absolute atomic E-state index is 0.0439. The number of nitrogens with one attached hydrogen (secondary N) is 2. The molecule has 3 rings (SSSR count). The molecule has 28 heavy (non-hydrogen) atoms. The average Bonchev–Trinajstić information content (AvgIpc) is 2.67. The van der Waals surface area contributed by atoms with E-state index in [4.69, 9.17) is 0 Å². The first-order valence-corrected chi connectivity index (χ1v) is 9.20. The summed E-state index contributed by atoms with van der Waals surface area (Å²) in [6.45, 7) is -2.40. The van der Waals surface area contributed by atoms with E-state index in [9.17, 15) is 18.4 Å². The topological polar surface area (TPSA) is 67.4 Å². The van der Waals surface area contributed by atoms with Crippen molar-refractivity contribution in [2.75, 3.05) is 11.9 Å². The van der Waals surface area contributed by atoms with Gasteiger partial charge < -0.3 is 15.4 Å².